The van der Waals surface area contributed by atoms with Gasteiger partial charge in [0.25, 0.3) is 0 Å². The number of fused-ring (bicyclic) bond motifs is 5. The second-order valence-corrected chi connectivity index (χ2v) is 7.27. The van der Waals surface area contributed by atoms with Gasteiger partial charge in [-0.3, -0.25) is 4.68 Å². The molecule has 3 aliphatic rings. The number of aromatic nitrogens is 2. The first-order valence-corrected chi connectivity index (χ1v) is 8.42. The maximum atomic E-state index is 4.60. The Morgan fingerprint density at radius 2 is 2.05 bits per heavy atom. The fourth-order valence-corrected chi connectivity index (χ4v) is 5.52. The molecule has 1 aromatic rings. The Morgan fingerprint density at radius 1 is 1.35 bits per heavy atom. The predicted molar refractivity (Wildman–Crippen MR) is 80.4 cm³/mol. The van der Waals surface area contributed by atoms with Crippen LogP contribution in [-0.2, 0) is 19.9 Å². The van der Waals surface area contributed by atoms with Crippen molar-refractivity contribution in [2.75, 3.05) is 7.05 Å². The van der Waals surface area contributed by atoms with Crippen LogP contribution in [-0.4, -0.2) is 22.9 Å². The Balaban J connectivity index is 1.48. The molecule has 3 saturated carbocycles. The van der Waals surface area contributed by atoms with Crippen molar-refractivity contribution in [1.82, 2.24) is 15.1 Å². The van der Waals surface area contributed by atoms with Gasteiger partial charge in [0.05, 0.1) is 5.69 Å². The van der Waals surface area contributed by atoms with Crippen LogP contribution in [0.15, 0.2) is 6.07 Å². The molecule has 1 aromatic heterocycles. The average molecular weight is 273 g/mol. The second-order valence-electron chi connectivity index (χ2n) is 7.27. The first kappa shape index (κ1) is 12.9. The third-order valence-corrected chi connectivity index (χ3v) is 6.45. The zero-order valence-corrected chi connectivity index (χ0v) is 13.0. The molecular weight excluding hydrogens is 246 g/mol. The SMILES string of the molecule is CCc1cc(CC(NC)C2C3C4CCC(C4)C32)n(C)n1. The van der Waals surface area contributed by atoms with Crippen molar-refractivity contribution in [3.8, 4) is 0 Å². The highest BCUT2D eigenvalue weighted by Gasteiger charge is 2.66. The molecule has 0 aromatic carbocycles. The van der Waals surface area contributed by atoms with Crippen LogP contribution >= 0.6 is 0 Å². The summed E-state index contributed by atoms with van der Waals surface area (Å²) in [6, 6.07) is 2.96. The van der Waals surface area contributed by atoms with Gasteiger partial charge in [-0.1, -0.05) is 6.92 Å². The summed E-state index contributed by atoms with van der Waals surface area (Å²) in [6.45, 7) is 2.19. The van der Waals surface area contributed by atoms with E-state index < -0.39 is 0 Å². The van der Waals surface area contributed by atoms with Crippen molar-refractivity contribution in [2.24, 2.45) is 36.6 Å². The highest BCUT2D eigenvalue weighted by atomic mass is 15.3. The van der Waals surface area contributed by atoms with E-state index in [1.807, 2.05) is 0 Å². The Labute approximate surface area is 122 Å². The molecule has 5 atom stereocenters. The molecule has 3 fully saturated rings. The Morgan fingerprint density at radius 3 is 2.60 bits per heavy atom. The van der Waals surface area contributed by atoms with Gasteiger partial charge in [0, 0.05) is 25.2 Å². The summed E-state index contributed by atoms with van der Waals surface area (Å²) in [7, 11) is 4.25. The molecule has 0 spiro atoms. The molecule has 0 saturated heterocycles. The van der Waals surface area contributed by atoms with Gasteiger partial charge in [-0.2, -0.15) is 5.10 Å². The lowest BCUT2D eigenvalue weighted by molar-refractivity contribution is 0.372. The fraction of sp³-hybridized carbons (Fsp3) is 0.824. The predicted octanol–water partition coefficient (Wildman–Crippen LogP) is 2.41. The van der Waals surface area contributed by atoms with E-state index in [2.05, 4.69) is 42.2 Å². The van der Waals surface area contributed by atoms with Crippen LogP contribution in [0.25, 0.3) is 0 Å². The molecule has 3 heteroatoms. The molecular formula is C17H27N3. The highest BCUT2D eigenvalue weighted by molar-refractivity contribution is 5.19. The molecule has 5 unspecified atom stereocenters. The lowest BCUT2D eigenvalue weighted by Gasteiger charge is -2.20. The summed E-state index contributed by atoms with van der Waals surface area (Å²) < 4.78 is 2.09. The number of rotatable bonds is 5. The molecule has 2 bridgehead atoms. The lowest BCUT2D eigenvalue weighted by atomic mass is 9.95. The van der Waals surface area contributed by atoms with E-state index in [1.165, 1.54) is 24.2 Å². The van der Waals surface area contributed by atoms with Crippen molar-refractivity contribution in [1.29, 1.82) is 0 Å². The molecule has 4 rings (SSSR count). The number of nitrogens with zero attached hydrogens (tertiary/aromatic N) is 2. The van der Waals surface area contributed by atoms with Crippen LogP contribution in [0.4, 0.5) is 0 Å². The molecule has 0 radical (unpaired) electrons. The van der Waals surface area contributed by atoms with Crippen LogP contribution in [0.1, 0.15) is 37.6 Å². The van der Waals surface area contributed by atoms with Gasteiger partial charge in [0.1, 0.15) is 0 Å². The number of nitrogens with one attached hydrogen (secondary N) is 1. The standard InChI is InChI=1S/C17H27N3/c1-4-12-8-13(20(3)19-12)9-14(18-2)17-15-10-5-6-11(7-10)16(15)17/h8,10-11,14-18H,4-7,9H2,1-3H3. The molecule has 110 valence electrons. The number of hydrogen-bond acceptors (Lipinski definition) is 2. The zero-order chi connectivity index (χ0) is 13.9. The quantitative estimate of drug-likeness (QED) is 0.893. The lowest BCUT2D eigenvalue weighted by Crippen LogP contribution is -2.33. The molecule has 0 amide bonds. The minimum absolute atomic E-state index is 0.661. The first-order chi connectivity index (χ1) is 9.72. The topological polar surface area (TPSA) is 29.9 Å². The van der Waals surface area contributed by atoms with Crippen molar-refractivity contribution < 1.29 is 0 Å². The molecule has 3 aliphatic carbocycles. The minimum atomic E-state index is 0.661. The summed E-state index contributed by atoms with van der Waals surface area (Å²) in [6.07, 6.45) is 6.77. The monoisotopic (exact) mass is 273 g/mol. The molecule has 1 heterocycles. The second kappa shape index (κ2) is 4.59. The largest absolute Gasteiger partial charge is 0.316 e. The van der Waals surface area contributed by atoms with E-state index in [-0.39, 0.29) is 0 Å². The van der Waals surface area contributed by atoms with E-state index in [0.717, 1.165) is 42.4 Å². The van der Waals surface area contributed by atoms with Gasteiger partial charge in [0.2, 0.25) is 0 Å². The maximum Gasteiger partial charge on any atom is 0.0624 e. The fourth-order valence-electron chi connectivity index (χ4n) is 5.52. The van der Waals surface area contributed by atoms with Crippen molar-refractivity contribution >= 4 is 0 Å². The summed E-state index contributed by atoms with van der Waals surface area (Å²) >= 11 is 0. The van der Waals surface area contributed by atoms with E-state index in [0.29, 0.717) is 6.04 Å². The van der Waals surface area contributed by atoms with E-state index in [9.17, 15) is 0 Å². The smallest absolute Gasteiger partial charge is 0.0624 e. The summed E-state index contributed by atoms with van der Waals surface area (Å²) in [5.74, 6) is 5.22. The molecule has 20 heavy (non-hydrogen) atoms. The number of likely N-dealkylation sites (N-methyl/N-ethyl adjacent to an activating group) is 1. The molecule has 1 N–H and O–H groups in total. The zero-order valence-electron chi connectivity index (χ0n) is 13.0. The Kier molecular flexibility index (Phi) is 2.95. The highest BCUT2D eigenvalue weighted by Crippen LogP contribution is 2.70. The van der Waals surface area contributed by atoms with Crippen molar-refractivity contribution in [2.45, 2.75) is 45.1 Å². The summed E-state index contributed by atoms with van der Waals surface area (Å²) in [5, 5.41) is 8.22. The number of hydrogen-bond donors (Lipinski definition) is 1. The van der Waals surface area contributed by atoms with Gasteiger partial charge in [0.15, 0.2) is 0 Å². The van der Waals surface area contributed by atoms with E-state index in [1.54, 1.807) is 6.42 Å². The average Bonchev–Trinajstić information content (AvgIpc) is 2.78. The van der Waals surface area contributed by atoms with Crippen LogP contribution in [0, 0.1) is 29.6 Å². The molecule has 3 nitrogen and oxygen atoms in total. The van der Waals surface area contributed by atoms with Gasteiger partial charge in [-0.25, -0.2) is 0 Å². The van der Waals surface area contributed by atoms with Crippen LogP contribution < -0.4 is 5.32 Å². The van der Waals surface area contributed by atoms with Crippen LogP contribution in [0.3, 0.4) is 0 Å². The van der Waals surface area contributed by atoms with E-state index >= 15 is 0 Å². The first-order valence-electron chi connectivity index (χ1n) is 8.42. The normalized spacial score (nSPS) is 39.0. The number of aryl methyl sites for hydroxylation is 2. The van der Waals surface area contributed by atoms with E-state index in [4.69, 9.17) is 0 Å². The van der Waals surface area contributed by atoms with Crippen molar-refractivity contribution in [3.05, 3.63) is 17.5 Å². The van der Waals surface area contributed by atoms with Crippen molar-refractivity contribution in [3.63, 3.8) is 0 Å². The summed E-state index contributed by atoms with van der Waals surface area (Å²) in [4.78, 5) is 0. The Hall–Kier alpha value is -0.830. The Bertz CT molecular complexity index is 490. The van der Waals surface area contributed by atoms with Crippen LogP contribution in [0.2, 0.25) is 0 Å². The van der Waals surface area contributed by atoms with Gasteiger partial charge in [-0.05, 0) is 68.4 Å². The summed E-state index contributed by atoms with van der Waals surface area (Å²) in [5.41, 5.74) is 2.63. The molecule has 0 aliphatic heterocycles. The minimum Gasteiger partial charge on any atom is -0.316 e. The van der Waals surface area contributed by atoms with Crippen LogP contribution in [0.5, 0.6) is 0 Å². The third-order valence-electron chi connectivity index (χ3n) is 6.45. The van der Waals surface area contributed by atoms with Gasteiger partial charge in [-0.15, -0.1) is 0 Å². The van der Waals surface area contributed by atoms with Gasteiger partial charge < -0.3 is 5.32 Å². The maximum absolute atomic E-state index is 4.60. The van der Waals surface area contributed by atoms with Gasteiger partial charge >= 0.3 is 0 Å². The third kappa shape index (κ3) is 1.78.